The molecule has 27 heavy (non-hydrogen) atoms. The number of carbonyl (C=O) groups is 2. The molecule has 0 amide bonds. The lowest BCUT2D eigenvalue weighted by Crippen LogP contribution is -2.32. The van der Waals surface area contributed by atoms with Crippen LogP contribution in [-0.4, -0.2) is 32.1 Å². The fourth-order valence-corrected chi connectivity index (χ4v) is 3.02. The van der Waals surface area contributed by atoms with Crippen molar-refractivity contribution in [2.24, 2.45) is 0 Å². The lowest BCUT2D eigenvalue weighted by atomic mass is 9.99. The molecule has 0 aromatic heterocycles. The minimum absolute atomic E-state index is 0.0719. The van der Waals surface area contributed by atoms with Crippen LogP contribution in [0.5, 0.6) is 0 Å². The highest BCUT2D eigenvalue weighted by Crippen LogP contribution is 2.25. The molecule has 0 radical (unpaired) electrons. The molecular formula is C23H40O4. The van der Waals surface area contributed by atoms with Gasteiger partial charge in [-0.1, -0.05) is 64.9 Å². The van der Waals surface area contributed by atoms with Crippen molar-refractivity contribution in [3.63, 3.8) is 0 Å². The van der Waals surface area contributed by atoms with Crippen LogP contribution in [0.1, 0.15) is 90.9 Å². The van der Waals surface area contributed by atoms with Gasteiger partial charge in [0.05, 0.1) is 0 Å². The maximum Gasteiger partial charge on any atom is 0.187 e. The van der Waals surface area contributed by atoms with Gasteiger partial charge in [-0.2, -0.15) is 0 Å². The number of hydrogen-bond acceptors (Lipinski definition) is 4. The van der Waals surface area contributed by atoms with Gasteiger partial charge in [-0.3, -0.25) is 4.79 Å². The van der Waals surface area contributed by atoms with E-state index in [1.807, 2.05) is 6.08 Å². The van der Waals surface area contributed by atoms with Crippen molar-refractivity contribution < 1.29 is 19.1 Å². The molecule has 0 heterocycles. The molecular weight excluding hydrogens is 340 g/mol. The van der Waals surface area contributed by atoms with Gasteiger partial charge in [-0.15, -0.1) is 0 Å². The zero-order valence-electron chi connectivity index (χ0n) is 17.9. The van der Waals surface area contributed by atoms with E-state index in [2.05, 4.69) is 13.8 Å². The minimum atomic E-state index is -0.948. The standard InChI is InChI=1S/C23H40O4/c1-5-7-9-10-11-12-13-14-16-22(25)21(17-19-24)20-23(26-3,27-4)18-15-8-6-2/h14,16,19-20H,5-13,15,17-18H2,1-4H3. The number of carbonyl (C=O) groups excluding carboxylic acids is 2. The van der Waals surface area contributed by atoms with Gasteiger partial charge in [0.15, 0.2) is 11.6 Å². The van der Waals surface area contributed by atoms with E-state index in [1.165, 1.54) is 32.1 Å². The first-order chi connectivity index (χ1) is 13.1. The predicted octanol–water partition coefficient (Wildman–Crippen LogP) is 5.95. The van der Waals surface area contributed by atoms with E-state index in [0.717, 1.165) is 38.4 Å². The van der Waals surface area contributed by atoms with Gasteiger partial charge >= 0.3 is 0 Å². The zero-order valence-corrected chi connectivity index (χ0v) is 17.9. The Kier molecular flexibility index (Phi) is 16.1. The molecule has 0 aromatic carbocycles. The van der Waals surface area contributed by atoms with E-state index < -0.39 is 5.79 Å². The summed E-state index contributed by atoms with van der Waals surface area (Å²) in [5, 5.41) is 0. The average molecular weight is 381 g/mol. The van der Waals surface area contributed by atoms with Gasteiger partial charge in [-0.05, 0) is 31.4 Å². The lowest BCUT2D eigenvalue weighted by molar-refractivity contribution is -0.175. The van der Waals surface area contributed by atoms with Crippen LogP contribution >= 0.6 is 0 Å². The van der Waals surface area contributed by atoms with Crippen LogP contribution in [0.3, 0.4) is 0 Å². The Hall–Kier alpha value is -1.26. The first-order valence-electron chi connectivity index (χ1n) is 10.6. The summed E-state index contributed by atoms with van der Waals surface area (Å²) in [5.41, 5.74) is 0.435. The number of allylic oxidation sites excluding steroid dienone is 3. The Balaban J connectivity index is 4.79. The molecule has 0 fully saturated rings. The van der Waals surface area contributed by atoms with E-state index >= 15 is 0 Å². The van der Waals surface area contributed by atoms with Crippen molar-refractivity contribution in [1.29, 1.82) is 0 Å². The SMILES string of the molecule is CCCCCCCCC=CC(=O)C(=CC(CCCCC)(OC)OC)CC=O. The van der Waals surface area contributed by atoms with Crippen molar-refractivity contribution in [1.82, 2.24) is 0 Å². The quantitative estimate of drug-likeness (QED) is 0.128. The maximum absolute atomic E-state index is 12.5. The maximum atomic E-state index is 12.5. The summed E-state index contributed by atoms with van der Waals surface area (Å²) in [6, 6.07) is 0. The normalized spacial score (nSPS) is 12.7. The number of methoxy groups -OCH3 is 2. The van der Waals surface area contributed by atoms with Gasteiger partial charge in [0.25, 0.3) is 0 Å². The van der Waals surface area contributed by atoms with Gasteiger partial charge in [0.2, 0.25) is 0 Å². The van der Waals surface area contributed by atoms with Crippen LogP contribution in [0.4, 0.5) is 0 Å². The molecule has 4 nitrogen and oxygen atoms in total. The lowest BCUT2D eigenvalue weighted by Gasteiger charge is -2.28. The summed E-state index contributed by atoms with van der Waals surface area (Å²) in [4.78, 5) is 23.6. The second-order valence-electron chi connectivity index (χ2n) is 7.04. The smallest absolute Gasteiger partial charge is 0.187 e. The third-order valence-electron chi connectivity index (χ3n) is 4.83. The van der Waals surface area contributed by atoms with E-state index in [1.54, 1.807) is 26.4 Å². The Morgan fingerprint density at radius 3 is 2.07 bits per heavy atom. The summed E-state index contributed by atoms with van der Waals surface area (Å²) in [5.74, 6) is -1.09. The largest absolute Gasteiger partial charge is 0.350 e. The number of unbranched alkanes of at least 4 members (excludes halogenated alkanes) is 8. The highest BCUT2D eigenvalue weighted by Gasteiger charge is 2.28. The van der Waals surface area contributed by atoms with Gasteiger partial charge in [0, 0.05) is 32.6 Å². The Morgan fingerprint density at radius 2 is 1.48 bits per heavy atom. The van der Waals surface area contributed by atoms with Crippen molar-refractivity contribution >= 4 is 12.1 Å². The van der Waals surface area contributed by atoms with Crippen molar-refractivity contribution in [2.45, 2.75) is 96.7 Å². The van der Waals surface area contributed by atoms with Crippen molar-refractivity contribution in [3.8, 4) is 0 Å². The van der Waals surface area contributed by atoms with Gasteiger partial charge in [-0.25, -0.2) is 0 Å². The molecule has 0 N–H and O–H groups in total. The topological polar surface area (TPSA) is 52.6 Å². The monoisotopic (exact) mass is 380 g/mol. The van der Waals surface area contributed by atoms with Crippen LogP contribution in [0.25, 0.3) is 0 Å². The van der Waals surface area contributed by atoms with Crippen molar-refractivity contribution in [3.05, 3.63) is 23.8 Å². The molecule has 0 bridgehead atoms. The van der Waals surface area contributed by atoms with E-state index in [-0.39, 0.29) is 12.2 Å². The molecule has 0 unspecified atom stereocenters. The Bertz CT molecular complexity index is 447. The average Bonchev–Trinajstić information content (AvgIpc) is 2.68. The Morgan fingerprint density at radius 1 is 0.889 bits per heavy atom. The number of ether oxygens (including phenoxy) is 2. The van der Waals surface area contributed by atoms with Gasteiger partial charge in [0.1, 0.15) is 6.29 Å². The first kappa shape index (κ1) is 25.7. The molecule has 156 valence electrons. The molecule has 0 spiro atoms. The summed E-state index contributed by atoms with van der Waals surface area (Å²) in [7, 11) is 3.15. The van der Waals surface area contributed by atoms with E-state index in [0.29, 0.717) is 12.0 Å². The minimum Gasteiger partial charge on any atom is -0.350 e. The van der Waals surface area contributed by atoms with Crippen LogP contribution in [0, 0.1) is 0 Å². The van der Waals surface area contributed by atoms with Crippen LogP contribution < -0.4 is 0 Å². The molecule has 0 rings (SSSR count). The molecule has 0 aromatic rings. The van der Waals surface area contributed by atoms with Crippen LogP contribution in [-0.2, 0) is 19.1 Å². The molecule has 4 heteroatoms. The number of hydrogen-bond donors (Lipinski definition) is 0. The fraction of sp³-hybridized carbons (Fsp3) is 0.739. The van der Waals surface area contributed by atoms with E-state index in [9.17, 15) is 9.59 Å². The number of aldehydes is 1. The third-order valence-corrected chi connectivity index (χ3v) is 4.83. The van der Waals surface area contributed by atoms with Crippen LogP contribution in [0.2, 0.25) is 0 Å². The van der Waals surface area contributed by atoms with Crippen molar-refractivity contribution in [2.75, 3.05) is 14.2 Å². The molecule has 0 atom stereocenters. The molecule has 0 aliphatic rings. The zero-order chi connectivity index (χ0) is 20.4. The van der Waals surface area contributed by atoms with Crippen LogP contribution in [0.15, 0.2) is 23.8 Å². The second kappa shape index (κ2) is 16.9. The highest BCUT2D eigenvalue weighted by atomic mass is 16.7. The number of ketones is 1. The summed E-state index contributed by atoms with van der Waals surface area (Å²) in [6.07, 6.45) is 18.1. The molecule has 0 saturated carbocycles. The molecule has 0 saturated heterocycles. The fourth-order valence-electron chi connectivity index (χ4n) is 3.02. The summed E-state index contributed by atoms with van der Waals surface area (Å²) in [6.45, 7) is 4.34. The summed E-state index contributed by atoms with van der Waals surface area (Å²) < 4.78 is 11.1. The highest BCUT2D eigenvalue weighted by molar-refractivity contribution is 6.05. The predicted molar refractivity (Wildman–Crippen MR) is 112 cm³/mol. The summed E-state index contributed by atoms with van der Waals surface area (Å²) >= 11 is 0. The molecule has 0 aliphatic carbocycles. The first-order valence-corrected chi connectivity index (χ1v) is 10.6. The molecule has 0 aliphatic heterocycles. The Labute approximate surface area is 166 Å². The van der Waals surface area contributed by atoms with E-state index in [4.69, 9.17) is 9.47 Å². The third kappa shape index (κ3) is 11.9. The number of rotatable bonds is 18. The second-order valence-corrected chi connectivity index (χ2v) is 7.04. The van der Waals surface area contributed by atoms with Gasteiger partial charge < -0.3 is 14.3 Å².